The van der Waals surface area contributed by atoms with E-state index in [-0.39, 0.29) is 0 Å². The van der Waals surface area contributed by atoms with Gasteiger partial charge >= 0.3 is 0 Å². The normalized spacial score (nSPS) is 11.4. The zero-order chi connectivity index (χ0) is 12.4. The van der Waals surface area contributed by atoms with Crippen LogP contribution in [0.3, 0.4) is 0 Å². The molecule has 2 aromatic rings. The molecule has 2 aromatic heterocycles. The molecule has 0 saturated heterocycles. The van der Waals surface area contributed by atoms with Gasteiger partial charge in [0.15, 0.2) is 0 Å². The van der Waals surface area contributed by atoms with Crippen molar-refractivity contribution >= 4 is 0 Å². The topological polar surface area (TPSA) is 35.6 Å². The van der Waals surface area contributed by atoms with Crippen molar-refractivity contribution < 1.29 is 0 Å². The number of nitrogens with zero attached hydrogens (tertiary/aromatic N) is 4. The van der Waals surface area contributed by atoms with Gasteiger partial charge in [-0.05, 0) is 33.3 Å². The van der Waals surface area contributed by atoms with E-state index in [1.54, 1.807) is 0 Å². The highest BCUT2D eigenvalue weighted by molar-refractivity contribution is 5.61. The van der Waals surface area contributed by atoms with Gasteiger partial charge in [-0.15, -0.1) is 0 Å². The predicted molar refractivity (Wildman–Crippen MR) is 68.9 cm³/mol. The lowest BCUT2D eigenvalue weighted by atomic mass is 10.2. The molecule has 0 aromatic carbocycles. The van der Waals surface area contributed by atoms with E-state index < -0.39 is 0 Å². The molecule has 2 rings (SSSR count). The van der Waals surface area contributed by atoms with Crippen molar-refractivity contribution in [1.29, 1.82) is 0 Å². The summed E-state index contributed by atoms with van der Waals surface area (Å²) in [7, 11) is 0. The van der Waals surface area contributed by atoms with Crippen LogP contribution in [0.5, 0.6) is 0 Å². The van der Waals surface area contributed by atoms with E-state index in [0.29, 0.717) is 6.04 Å². The molecule has 4 nitrogen and oxygen atoms in total. The van der Waals surface area contributed by atoms with Gasteiger partial charge in [-0.3, -0.25) is 9.36 Å². The van der Waals surface area contributed by atoms with Gasteiger partial charge in [-0.1, -0.05) is 6.92 Å². The van der Waals surface area contributed by atoms with Gasteiger partial charge in [0.2, 0.25) is 0 Å². The van der Waals surface area contributed by atoms with Gasteiger partial charge in [0.1, 0.15) is 0 Å². The molecule has 0 spiro atoms. The Hall–Kier alpha value is -1.58. The number of hydrogen-bond donors (Lipinski definition) is 0. The van der Waals surface area contributed by atoms with Crippen LogP contribution in [0.25, 0.3) is 11.3 Å². The first-order chi connectivity index (χ1) is 8.13. The van der Waals surface area contributed by atoms with E-state index in [0.717, 1.165) is 24.4 Å². The summed E-state index contributed by atoms with van der Waals surface area (Å²) < 4.78 is 4.06. The van der Waals surface area contributed by atoms with Crippen LogP contribution >= 0.6 is 0 Å². The third-order valence-electron chi connectivity index (χ3n) is 2.87. The monoisotopic (exact) mass is 232 g/mol. The van der Waals surface area contributed by atoms with Crippen molar-refractivity contribution in [3.8, 4) is 11.3 Å². The molecule has 0 fully saturated rings. The molecule has 0 aliphatic carbocycles. The summed E-state index contributed by atoms with van der Waals surface area (Å²) in [5.74, 6) is 0. The van der Waals surface area contributed by atoms with Crippen molar-refractivity contribution in [2.24, 2.45) is 0 Å². The van der Waals surface area contributed by atoms with Gasteiger partial charge in [-0.2, -0.15) is 10.2 Å². The quantitative estimate of drug-likeness (QED) is 0.812. The third kappa shape index (κ3) is 2.25. The van der Waals surface area contributed by atoms with E-state index >= 15 is 0 Å². The predicted octanol–water partition coefficient (Wildman–Crippen LogP) is 3.05. The third-order valence-corrected chi connectivity index (χ3v) is 2.87. The van der Waals surface area contributed by atoms with Gasteiger partial charge in [0, 0.05) is 30.5 Å². The fraction of sp³-hybridized carbons (Fsp3) is 0.538. The molecule has 0 unspecified atom stereocenters. The largest absolute Gasteiger partial charge is 0.269 e. The highest BCUT2D eigenvalue weighted by Gasteiger charge is 2.12. The van der Waals surface area contributed by atoms with Crippen molar-refractivity contribution in [1.82, 2.24) is 19.6 Å². The van der Waals surface area contributed by atoms with Crippen LogP contribution in [-0.2, 0) is 6.54 Å². The molecule has 0 radical (unpaired) electrons. The molecule has 0 atom stereocenters. The Kier molecular flexibility index (Phi) is 3.31. The summed E-state index contributed by atoms with van der Waals surface area (Å²) >= 11 is 0. The molecule has 4 heteroatoms. The number of aryl methyl sites for hydroxylation is 2. The van der Waals surface area contributed by atoms with Crippen molar-refractivity contribution in [2.75, 3.05) is 0 Å². The smallest absolute Gasteiger partial charge is 0.0716 e. The maximum absolute atomic E-state index is 4.54. The van der Waals surface area contributed by atoms with Crippen LogP contribution in [0.1, 0.15) is 38.9 Å². The molecule has 0 aliphatic heterocycles. The van der Waals surface area contributed by atoms with Crippen LogP contribution in [0.2, 0.25) is 0 Å². The molecule has 17 heavy (non-hydrogen) atoms. The zero-order valence-corrected chi connectivity index (χ0v) is 11.0. The molecule has 0 saturated carbocycles. The van der Waals surface area contributed by atoms with Crippen LogP contribution in [-0.4, -0.2) is 19.6 Å². The average molecular weight is 232 g/mol. The van der Waals surface area contributed by atoms with Gasteiger partial charge in [0.25, 0.3) is 0 Å². The summed E-state index contributed by atoms with van der Waals surface area (Å²) in [5.41, 5.74) is 3.41. The minimum Gasteiger partial charge on any atom is -0.269 e. The standard InChI is InChI=1S/C13H20N4/c1-5-8-16-13(6-7-14-16)12-9-17(10(2)3)15-11(12)4/h6-7,9-10H,5,8H2,1-4H3. The summed E-state index contributed by atoms with van der Waals surface area (Å²) in [6, 6.07) is 2.45. The minimum absolute atomic E-state index is 0.394. The lowest BCUT2D eigenvalue weighted by Gasteiger charge is -2.05. The Labute approximate surface area is 102 Å². The first kappa shape index (κ1) is 11.9. The summed E-state index contributed by atoms with van der Waals surface area (Å²) in [6.07, 6.45) is 5.06. The van der Waals surface area contributed by atoms with E-state index in [1.807, 2.05) is 10.9 Å². The summed E-state index contributed by atoms with van der Waals surface area (Å²) in [4.78, 5) is 0. The second-order valence-corrected chi connectivity index (χ2v) is 4.64. The van der Waals surface area contributed by atoms with Crippen LogP contribution in [0, 0.1) is 6.92 Å². The van der Waals surface area contributed by atoms with Crippen molar-refractivity contribution in [3.63, 3.8) is 0 Å². The van der Waals surface area contributed by atoms with Gasteiger partial charge in [0.05, 0.1) is 11.4 Å². The minimum atomic E-state index is 0.394. The zero-order valence-electron chi connectivity index (χ0n) is 11.0. The molecular formula is C13H20N4. The molecule has 0 aliphatic rings. The Morgan fingerprint density at radius 3 is 2.71 bits per heavy atom. The first-order valence-corrected chi connectivity index (χ1v) is 6.21. The number of hydrogen-bond acceptors (Lipinski definition) is 2. The average Bonchev–Trinajstić information content (AvgIpc) is 2.85. The van der Waals surface area contributed by atoms with Crippen LogP contribution in [0.4, 0.5) is 0 Å². The van der Waals surface area contributed by atoms with E-state index in [9.17, 15) is 0 Å². The summed E-state index contributed by atoms with van der Waals surface area (Å²) in [5, 5.41) is 8.90. The second kappa shape index (κ2) is 4.73. The molecule has 0 amide bonds. The fourth-order valence-electron chi connectivity index (χ4n) is 1.95. The van der Waals surface area contributed by atoms with Crippen LogP contribution < -0.4 is 0 Å². The molecule has 92 valence electrons. The molecular weight excluding hydrogens is 212 g/mol. The maximum atomic E-state index is 4.54. The highest BCUT2D eigenvalue weighted by Crippen LogP contribution is 2.23. The lowest BCUT2D eigenvalue weighted by Crippen LogP contribution is -2.01. The number of aromatic nitrogens is 4. The maximum Gasteiger partial charge on any atom is 0.0716 e. The Balaban J connectivity index is 2.41. The van der Waals surface area contributed by atoms with Crippen LogP contribution in [0.15, 0.2) is 18.5 Å². The molecule has 0 N–H and O–H groups in total. The van der Waals surface area contributed by atoms with E-state index in [4.69, 9.17) is 0 Å². The van der Waals surface area contributed by atoms with Gasteiger partial charge < -0.3 is 0 Å². The van der Waals surface area contributed by atoms with E-state index in [2.05, 4.69) is 54.8 Å². The van der Waals surface area contributed by atoms with E-state index in [1.165, 1.54) is 5.56 Å². The summed E-state index contributed by atoms with van der Waals surface area (Å²) in [6.45, 7) is 9.45. The number of rotatable bonds is 4. The van der Waals surface area contributed by atoms with Crippen molar-refractivity contribution in [2.45, 2.75) is 46.7 Å². The second-order valence-electron chi connectivity index (χ2n) is 4.64. The fourth-order valence-corrected chi connectivity index (χ4v) is 1.95. The molecule has 2 heterocycles. The highest BCUT2D eigenvalue weighted by atomic mass is 15.3. The Bertz CT molecular complexity index is 493. The van der Waals surface area contributed by atoms with Gasteiger partial charge in [-0.25, -0.2) is 0 Å². The Morgan fingerprint density at radius 1 is 1.35 bits per heavy atom. The van der Waals surface area contributed by atoms with Crippen molar-refractivity contribution in [3.05, 3.63) is 24.2 Å². The first-order valence-electron chi connectivity index (χ1n) is 6.21. The Morgan fingerprint density at radius 2 is 2.12 bits per heavy atom. The SMILES string of the molecule is CCCn1nccc1-c1cn(C(C)C)nc1C. The lowest BCUT2D eigenvalue weighted by molar-refractivity contribution is 0.529. The molecule has 0 bridgehead atoms.